The minimum atomic E-state index is -3.65. The first-order valence-corrected chi connectivity index (χ1v) is 13.4. The first-order chi connectivity index (χ1) is 16.8. The van der Waals surface area contributed by atoms with E-state index >= 15 is 0 Å². The van der Waals surface area contributed by atoms with E-state index in [0.29, 0.717) is 35.2 Å². The molecule has 0 radical (unpaired) electrons. The first-order valence-electron chi connectivity index (χ1n) is 11.4. The van der Waals surface area contributed by atoms with Crippen molar-refractivity contribution in [2.24, 2.45) is 5.73 Å². The van der Waals surface area contributed by atoms with Crippen LogP contribution in [-0.4, -0.2) is 42.6 Å². The van der Waals surface area contributed by atoms with Gasteiger partial charge in [0.05, 0.1) is 28.5 Å². The number of halogens is 1. The molecule has 0 spiro atoms. The highest BCUT2D eigenvalue weighted by Gasteiger charge is 2.20. The van der Waals surface area contributed by atoms with Crippen LogP contribution in [0.4, 0.5) is 5.95 Å². The van der Waals surface area contributed by atoms with Gasteiger partial charge in [0.15, 0.2) is 9.84 Å². The summed E-state index contributed by atoms with van der Waals surface area (Å²) in [5.74, 6) is 0.639. The molecule has 0 unspecified atom stereocenters. The standard InChI is InChI=1S/C25H28ClN5O3S/c1-34-24-18(8-11-21(30-24)16-35(32,33)23-5-3-2-4-22(23)26)7-6-17-14-28-25(29-15-17)31-20-12-9-19(27)10-13-20/h2-8,11,14-15,19-20H,9-10,12-13,16,27H2,1H3,(H,28,29,31)/b7-6+. The number of benzene rings is 1. The summed E-state index contributed by atoms with van der Waals surface area (Å²) in [5, 5.41) is 3.56. The van der Waals surface area contributed by atoms with E-state index < -0.39 is 9.84 Å². The van der Waals surface area contributed by atoms with Gasteiger partial charge in [-0.3, -0.25) is 0 Å². The summed E-state index contributed by atoms with van der Waals surface area (Å²) in [4.78, 5) is 13.3. The Hall–Kier alpha value is -3.01. The number of anilines is 1. The summed E-state index contributed by atoms with van der Waals surface area (Å²) in [6.07, 6.45) is 11.2. The third kappa shape index (κ3) is 6.56. The zero-order valence-electron chi connectivity index (χ0n) is 19.4. The van der Waals surface area contributed by atoms with Crippen LogP contribution in [0.3, 0.4) is 0 Å². The highest BCUT2D eigenvalue weighted by Crippen LogP contribution is 2.26. The fraction of sp³-hybridized carbons (Fsp3) is 0.320. The van der Waals surface area contributed by atoms with Crippen molar-refractivity contribution >= 4 is 39.5 Å². The monoisotopic (exact) mass is 513 g/mol. The number of aromatic nitrogens is 3. The molecule has 184 valence electrons. The van der Waals surface area contributed by atoms with Crippen LogP contribution in [-0.2, 0) is 15.6 Å². The number of nitrogens with zero attached hydrogens (tertiary/aromatic N) is 3. The summed E-state index contributed by atoms with van der Waals surface area (Å²) in [5.41, 5.74) is 7.84. The summed E-state index contributed by atoms with van der Waals surface area (Å²) in [6, 6.07) is 10.4. The van der Waals surface area contributed by atoms with Gasteiger partial charge in [-0.2, -0.15) is 0 Å². The molecule has 0 atom stereocenters. The predicted octanol–water partition coefficient (Wildman–Crippen LogP) is 4.36. The number of pyridine rings is 1. The molecular weight excluding hydrogens is 486 g/mol. The Morgan fingerprint density at radius 3 is 2.49 bits per heavy atom. The van der Waals surface area contributed by atoms with Crippen LogP contribution < -0.4 is 15.8 Å². The maximum absolute atomic E-state index is 12.8. The van der Waals surface area contributed by atoms with E-state index in [-0.39, 0.29) is 15.7 Å². The van der Waals surface area contributed by atoms with Gasteiger partial charge in [-0.1, -0.05) is 29.8 Å². The zero-order chi connectivity index (χ0) is 24.8. The molecule has 2 aromatic heterocycles. The van der Waals surface area contributed by atoms with E-state index in [2.05, 4.69) is 20.3 Å². The normalized spacial score (nSPS) is 18.5. The van der Waals surface area contributed by atoms with Gasteiger partial charge in [-0.05, 0) is 56.0 Å². The molecule has 10 heteroatoms. The Bertz CT molecular complexity index is 1290. The van der Waals surface area contributed by atoms with Crippen molar-refractivity contribution in [3.8, 4) is 5.88 Å². The smallest absolute Gasteiger partial charge is 0.222 e. The van der Waals surface area contributed by atoms with E-state index in [4.69, 9.17) is 22.1 Å². The predicted molar refractivity (Wildman–Crippen MR) is 138 cm³/mol. The Morgan fingerprint density at radius 2 is 1.80 bits per heavy atom. The zero-order valence-corrected chi connectivity index (χ0v) is 21.0. The SMILES string of the molecule is COc1nc(CS(=O)(=O)c2ccccc2Cl)ccc1/C=C/c1cnc(NC2CCC(N)CC2)nc1. The Balaban J connectivity index is 1.43. The number of sulfone groups is 1. The maximum Gasteiger partial charge on any atom is 0.222 e. The molecule has 1 fully saturated rings. The number of hydrogen-bond donors (Lipinski definition) is 2. The second kappa shape index (κ2) is 11.2. The highest BCUT2D eigenvalue weighted by atomic mass is 35.5. The van der Waals surface area contributed by atoms with Gasteiger partial charge in [0.2, 0.25) is 11.8 Å². The number of ether oxygens (including phenoxy) is 1. The Kier molecular flexibility index (Phi) is 8.00. The number of methoxy groups -OCH3 is 1. The van der Waals surface area contributed by atoms with E-state index in [1.165, 1.54) is 13.2 Å². The molecule has 1 saturated carbocycles. The minimum Gasteiger partial charge on any atom is -0.481 e. The maximum atomic E-state index is 12.8. The molecule has 0 bridgehead atoms. The van der Waals surface area contributed by atoms with Crippen LogP contribution in [0.5, 0.6) is 5.88 Å². The fourth-order valence-corrected chi connectivity index (χ4v) is 5.81. The number of nitrogens with two attached hydrogens (primary N) is 1. The lowest BCUT2D eigenvalue weighted by molar-refractivity contribution is 0.395. The molecule has 0 aliphatic heterocycles. The highest BCUT2D eigenvalue weighted by molar-refractivity contribution is 7.90. The molecule has 0 saturated heterocycles. The molecule has 35 heavy (non-hydrogen) atoms. The van der Waals surface area contributed by atoms with E-state index in [0.717, 1.165) is 31.2 Å². The van der Waals surface area contributed by atoms with Crippen LogP contribution >= 0.6 is 11.6 Å². The fourth-order valence-electron chi connectivity index (χ4n) is 3.96. The largest absolute Gasteiger partial charge is 0.481 e. The molecule has 3 aromatic rings. The summed E-state index contributed by atoms with van der Waals surface area (Å²) in [6.45, 7) is 0. The van der Waals surface area contributed by atoms with Gasteiger partial charge >= 0.3 is 0 Å². The van der Waals surface area contributed by atoms with E-state index in [9.17, 15) is 8.42 Å². The van der Waals surface area contributed by atoms with E-state index in [1.807, 2.05) is 12.2 Å². The molecule has 3 N–H and O–H groups in total. The molecule has 0 amide bonds. The van der Waals surface area contributed by atoms with Crippen molar-refractivity contribution in [1.82, 2.24) is 15.0 Å². The second-order valence-corrected chi connectivity index (χ2v) is 10.9. The third-order valence-electron chi connectivity index (χ3n) is 5.88. The number of hydrogen-bond acceptors (Lipinski definition) is 8. The van der Waals surface area contributed by atoms with Crippen molar-refractivity contribution < 1.29 is 13.2 Å². The number of rotatable bonds is 8. The molecule has 1 aliphatic rings. The summed E-state index contributed by atoms with van der Waals surface area (Å²) < 4.78 is 31.0. The quantitative estimate of drug-likeness (QED) is 0.456. The number of nitrogens with one attached hydrogen (secondary N) is 1. The molecule has 1 aromatic carbocycles. The average Bonchev–Trinajstić information content (AvgIpc) is 2.85. The Labute approximate surface area is 210 Å². The Morgan fingerprint density at radius 1 is 1.09 bits per heavy atom. The van der Waals surface area contributed by atoms with Crippen LogP contribution in [0.15, 0.2) is 53.7 Å². The third-order valence-corrected chi connectivity index (χ3v) is 8.03. The van der Waals surface area contributed by atoms with Crippen LogP contribution in [0, 0.1) is 0 Å². The van der Waals surface area contributed by atoms with Crippen LogP contribution in [0.1, 0.15) is 42.5 Å². The summed E-state index contributed by atoms with van der Waals surface area (Å²) in [7, 11) is -2.16. The van der Waals surface area contributed by atoms with Crippen molar-refractivity contribution in [3.63, 3.8) is 0 Å². The van der Waals surface area contributed by atoms with Gasteiger partial charge in [-0.15, -0.1) is 0 Å². The van der Waals surface area contributed by atoms with Gasteiger partial charge in [0.25, 0.3) is 0 Å². The lowest BCUT2D eigenvalue weighted by Gasteiger charge is -2.26. The molecular formula is C25H28ClN5O3S. The summed E-state index contributed by atoms with van der Waals surface area (Å²) >= 11 is 6.07. The molecule has 4 rings (SSSR count). The van der Waals surface area contributed by atoms with Crippen molar-refractivity contribution in [2.45, 2.75) is 48.4 Å². The van der Waals surface area contributed by atoms with Crippen molar-refractivity contribution in [1.29, 1.82) is 0 Å². The topological polar surface area (TPSA) is 120 Å². The second-order valence-electron chi connectivity index (χ2n) is 8.52. The van der Waals surface area contributed by atoms with Crippen LogP contribution in [0.2, 0.25) is 5.02 Å². The molecule has 2 heterocycles. The van der Waals surface area contributed by atoms with Gasteiger partial charge in [0, 0.05) is 35.6 Å². The van der Waals surface area contributed by atoms with Gasteiger partial charge in [-0.25, -0.2) is 23.4 Å². The van der Waals surface area contributed by atoms with Gasteiger partial charge < -0.3 is 15.8 Å². The van der Waals surface area contributed by atoms with Gasteiger partial charge in [0.1, 0.15) is 0 Å². The lowest BCUT2D eigenvalue weighted by atomic mass is 9.92. The lowest BCUT2D eigenvalue weighted by Crippen LogP contribution is -2.33. The first kappa shape index (κ1) is 25.1. The van der Waals surface area contributed by atoms with Crippen molar-refractivity contribution in [3.05, 3.63) is 70.6 Å². The van der Waals surface area contributed by atoms with Crippen LogP contribution in [0.25, 0.3) is 12.2 Å². The minimum absolute atomic E-state index is 0.0800. The van der Waals surface area contributed by atoms with Crippen molar-refractivity contribution in [2.75, 3.05) is 12.4 Å². The molecule has 8 nitrogen and oxygen atoms in total. The molecule has 1 aliphatic carbocycles. The van der Waals surface area contributed by atoms with E-state index in [1.54, 1.807) is 42.7 Å². The average molecular weight is 514 g/mol.